The molecule has 0 saturated carbocycles. The van der Waals surface area contributed by atoms with Crippen LogP contribution in [-0.2, 0) is 11.3 Å². The van der Waals surface area contributed by atoms with Crippen molar-refractivity contribution in [1.29, 1.82) is 0 Å². The van der Waals surface area contributed by atoms with E-state index in [0.29, 0.717) is 12.2 Å². The number of aryl methyl sites for hydroxylation is 1. The Labute approximate surface area is 122 Å². The molecular weight excluding hydrogens is 270 g/mol. The highest BCUT2D eigenvalue weighted by molar-refractivity contribution is 6.06. The van der Waals surface area contributed by atoms with Gasteiger partial charge in [-0.3, -0.25) is 9.59 Å². The highest BCUT2D eigenvalue weighted by Crippen LogP contribution is 2.24. The molecule has 1 heterocycles. The molecule has 0 amide bonds. The number of ether oxygens (including phenoxy) is 1. The zero-order chi connectivity index (χ0) is 15.4. The van der Waals surface area contributed by atoms with Crippen LogP contribution in [0.2, 0.25) is 0 Å². The van der Waals surface area contributed by atoms with E-state index in [4.69, 9.17) is 10.5 Å². The van der Waals surface area contributed by atoms with E-state index in [1.54, 1.807) is 6.92 Å². The van der Waals surface area contributed by atoms with Crippen LogP contribution >= 0.6 is 0 Å². The fourth-order valence-corrected chi connectivity index (χ4v) is 2.09. The number of rotatable bonds is 5. The average molecular weight is 287 g/mol. The molecule has 0 radical (unpaired) electrons. The molecular formula is C15H17N3O3. The lowest BCUT2D eigenvalue weighted by molar-refractivity contribution is 0.0849. The Kier molecular flexibility index (Phi) is 4.49. The molecule has 0 atom stereocenters. The lowest BCUT2D eigenvalue weighted by Gasteiger charge is -2.13. The molecule has 1 aromatic carbocycles. The summed E-state index contributed by atoms with van der Waals surface area (Å²) in [6, 6.07) is 9.16. The summed E-state index contributed by atoms with van der Waals surface area (Å²) >= 11 is 0. The molecule has 0 spiro atoms. The third kappa shape index (κ3) is 2.85. The van der Waals surface area contributed by atoms with Crippen LogP contribution in [0, 0.1) is 0 Å². The van der Waals surface area contributed by atoms with Crippen LogP contribution < -0.4 is 11.3 Å². The number of Topliss-reactive ketones (excluding diaryl/α,β-unsaturated/α-hetero) is 1. The molecule has 0 bridgehead atoms. The standard InChI is InChI=1S/C15H17N3O3/c1-3-18-15(20)13(16)12(11(19)9-21-2)14(17-18)10-7-5-4-6-8-10/h4-8H,3,9,16H2,1-2H3. The van der Waals surface area contributed by atoms with E-state index in [9.17, 15) is 9.59 Å². The van der Waals surface area contributed by atoms with Gasteiger partial charge < -0.3 is 10.5 Å². The molecule has 110 valence electrons. The van der Waals surface area contributed by atoms with Crippen LogP contribution in [0.25, 0.3) is 11.3 Å². The summed E-state index contributed by atoms with van der Waals surface area (Å²) in [6.07, 6.45) is 0. The molecule has 0 saturated heterocycles. The van der Waals surface area contributed by atoms with Crippen molar-refractivity contribution in [2.24, 2.45) is 0 Å². The maximum Gasteiger partial charge on any atom is 0.290 e. The molecule has 6 nitrogen and oxygen atoms in total. The quantitative estimate of drug-likeness (QED) is 0.838. The van der Waals surface area contributed by atoms with Crippen molar-refractivity contribution in [1.82, 2.24) is 9.78 Å². The van der Waals surface area contributed by atoms with Gasteiger partial charge in [0.1, 0.15) is 18.0 Å². The monoisotopic (exact) mass is 287 g/mol. The summed E-state index contributed by atoms with van der Waals surface area (Å²) in [5, 5.41) is 4.27. The third-order valence-corrected chi connectivity index (χ3v) is 3.09. The molecule has 0 unspecified atom stereocenters. The van der Waals surface area contributed by atoms with Crippen molar-refractivity contribution >= 4 is 11.5 Å². The number of aromatic nitrogens is 2. The molecule has 0 aliphatic carbocycles. The molecule has 2 N–H and O–H groups in total. The van der Waals surface area contributed by atoms with Crippen LogP contribution in [0.3, 0.4) is 0 Å². The van der Waals surface area contributed by atoms with Gasteiger partial charge in [-0.05, 0) is 6.92 Å². The van der Waals surface area contributed by atoms with Crippen molar-refractivity contribution in [3.63, 3.8) is 0 Å². The number of hydrogen-bond acceptors (Lipinski definition) is 5. The van der Waals surface area contributed by atoms with Gasteiger partial charge in [0.05, 0.1) is 5.56 Å². The van der Waals surface area contributed by atoms with Crippen LogP contribution in [-0.4, -0.2) is 29.3 Å². The fraction of sp³-hybridized carbons (Fsp3) is 0.267. The number of nitrogens with zero attached hydrogens (tertiary/aromatic N) is 2. The molecule has 21 heavy (non-hydrogen) atoms. The summed E-state index contributed by atoms with van der Waals surface area (Å²) in [6.45, 7) is 2.02. The SMILES string of the molecule is CCn1nc(-c2ccccc2)c(C(=O)COC)c(N)c1=O. The first-order valence-corrected chi connectivity index (χ1v) is 6.58. The Morgan fingerprint density at radius 3 is 2.57 bits per heavy atom. The Morgan fingerprint density at radius 2 is 2.00 bits per heavy atom. The predicted molar refractivity (Wildman–Crippen MR) is 80.2 cm³/mol. The molecule has 1 aromatic heterocycles. The second kappa shape index (κ2) is 6.32. The molecule has 6 heteroatoms. The van der Waals surface area contributed by atoms with Crippen LogP contribution in [0.5, 0.6) is 0 Å². The van der Waals surface area contributed by atoms with Gasteiger partial charge in [-0.2, -0.15) is 5.10 Å². The second-order valence-electron chi connectivity index (χ2n) is 4.48. The fourth-order valence-electron chi connectivity index (χ4n) is 2.09. The summed E-state index contributed by atoms with van der Waals surface area (Å²) in [4.78, 5) is 24.3. The van der Waals surface area contributed by atoms with Gasteiger partial charge in [-0.25, -0.2) is 4.68 Å². The number of methoxy groups -OCH3 is 1. The number of anilines is 1. The number of nitrogen functional groups attached to an aromatic ring is 1. The Balaban J connectivity index is 2.75. The zero-order valence-electron chi connectivity index (χ0n) is 12.0. The van der Waals surface area contributed by atoms with Crippen molar-refractivity contribution < 1.29 is 9.53 Å². The highest BCUT2D eigenvalue weighted by atomic mass is 16.5. The predicted octanol–water partition coefficient (Wildman–Crippen LogP) is 1.34. The Bertz CT molecular complexity index is 708. The Hall–Kier alpha value is -2.47. The van der Waals surface area contributed by atoms with E-state index in [1.165, 1.54) is 11.8 Å². The van der Waals surface area contributed by atoms with Crippen molar-refractivity contribution in [2.75, 3.05) is 19.5 Å². The zero-order valence-corrected chi connectivity index (χ0v) is 12.0. The van der Waals surface area contributed by atoms with Gasteiger partial charge in [-0.1, -0.05) is 30.3 Å². The minimum absolute atomic E-state index is 0.0900. The van der Waals surface area contributed by atoms with Crippen LogP contribution in [0.15, 0.2) is 35.1 Å². The van der Waals surface area contributed by atoms with Gasteiger partial charge in [0, 0.05) is 19.2 Å². The van der Waals surface area contributed by atoms with Crippen LogP contribution in [0.4, 0.5) is 5.69 Å². The first kappa shape index (κ1) is 14.9. The van der Waals surface area contributed by atoms with Gasteiger partial charge in [0.2, 0.25) is 0 Å². The molecule has 0 fully saturated rings. The third-order valence-electron chi connectivity index (χ3n) is 3.09. The van der Waals surface area contributed by atoms with E-state index in [1.807, 2.05) is 30.3 Å². The second-order valence-corrected chi connectivity index (χ2v) is 4.48. The number of carbonyl (C=O) groups excluding carboxylic acids is 1. The summed E-state index contributed by atoms with van der Waals surface area (Å²) in [5.74, 6) is -0.360. The topological polar surface area (TPSA) is 87.2 Å². The Morgan fingerprint density at radius 1 is 1.33 bits per heavy atom. The maximum absolute atomic E-state index is 12.2. The van der Waals surface area contributed by atoms with E-state index in [0.717, 1.165) is 5.56 Å². The van der Waals surface area contributed by atoms with Crippen molar-refractivity contribution in [3.05, 3.63) is 46.2 Å². The molecule has 2 rings (SSSR count). The number of nitrogens with two attached hydrogens (primary N) is 1. The molecule has 0 aliphatic heterocycles. The van der Waals surface area contributed by atoms with Crippen molar-refractivity contribution in [3.8, 4) is 11.3 Å². The number of carbonyl (C=O) groups is 1. The molecule has 2 aromatic rings. The normalized spacial score (nSPS) is 10.6. The van der Waals surface area contributed by atoms with E-state index >= 15 is 0 Å². The summed E-state index contributed by atoms with van der Waals surface area (Å²) < 4.78 is 6.11. The lowest BCUT2D eigenvalue weighted by atomic mass is 10.0. The first-order chi connectivity index (χ1) is 10.1. The smallest absolute Gasteiger partial charge is 0.290 e. The van der Waals surface area contributed by atoms with Crippen LogP contribution in [0.1, 0.15) is 17.3 Å². The number of ketones is 1. The summed E-state index contributed by atoms with van der Waals surface area (Å²) in [5.41, 5.74) is 6.58. The molecule has 0 aliphatic rings. The highest BCUT2D eigenvalue weighted by Gasteiger charge is 2.21. The lowest BCUT2D eigenvalue weighted by Crippen LogP contribution is -2.29. The van der Waals surface area contributed by atoms with E-state index < -0.39 is 5.56 Å². The maximum atomic E-state index is 12.2. The minimum atomic E-state index is -0.461. The van der Waals surface area contributed by atoms with Crippen molar-refractivity contribution in [2.45, 2.75) is 13.5 Å². The van der Waals surface area contributed by atoms with Gasteiger partial charge in [-0.15, -0.1) is 0 Å². The van der Waals surface area contributed by atoms with E-state index in [-0.39, 0.29) is 23.6 Å². The first-order valence-electron chi connectivity index (χ1n) is 6.58. The van der Waals surface area contributed by atoms with Gasteiger partial charge >= 0.3 is 0 Å². The number of hydrogen-bond donors (Lipinski definition) is 1. The van der Waals surface area contributed by atoms with E-state index in [2.05, 4.69) is 5.10 Å². The van der Waals surface area contributed by atoms with Gasteiger partial charge in [0.25, 0.3) is 5.56 Å². The largest absolute Gasteiger partial charge is 0.394 e. The number of benzene rings is 1. The summed E-state index contributed by atoms with van der Waals surface area (Å²) in [7, 11) is 1.41. The minimum Gasteiger partial charge on any atom is -0.394 e. The van der Waals surface area contributed by atoms with Gasteiger partial charge in [0.15, 0.2) is 5.78 Å². The average Bonchev–Trinajstić information content (AvgIpc) is 2.50.